The van der Waals surface area contributed by atoms with Gasteiger partial charge < -0.3 is 15.4 Å². The Balaban J connectivity index is 1.36. The Morgan fingerprint density at radius 1 is 1.17 bits per heavy atom. The lowest BCUT2D eigenvalue weighted by atomic mass is 9.87. The number of ether oxygens (including phenoxy) is 1. The highest BCUT2D eigenvalue weighted by Gasteiger charge is 2.26. The summed E-state index contributed by atoms with van der Waals surface area (Å²) in [6.07, 6.45) is 6.70. The van der Waals surface area contributed by atoms with Crippen LogP contribution >= 0.6 is 0 Å². The molecule has 2 aliphatic rings. The fourth-order valence-corrected chi connectivity index (χ4v) is 5.10. The van der Waals surface area contributed by atoms with Crippen molar-refractivity contribution in [2.75, 3.05) is 23.8 Å². The molecule has 0 unspecified atom stereocenters. The number of amides is 1. The van der Waals surface area contributed by atoms with Crippen LogP contribution in [-0.2, 0) is 4.74 Å². The van der Waals surface area contributed by atoms with E-state index in [1.54, 1.807) is 10.9 Å². The topological polar surface area (TPSA) is 94.0 Å². The molecular formula is C26H32F2N6O2. The lowest BCUT2D eigenvalue weighted by molar-refractivity contribution is 0.102. The predicted molar refractivity (Wildman–Crippen MR) is 133 cm³/mol. The van der Waals surface area contributed by atoms with Crippen molar-refractivity contribution in [3.63, 3.8) is 0 Å². The Bertz CT molecular complexity index is 1220. The molecule has 0 aromatic carbocycles. The molecule has 0 spiro atoms. The van der Waals surface area contributed by atoms with Crippen LogP contribution in [0.5, 0.6) is 0 Å². The predicted octanol–water partition coefficient (Wildman–Crippen LogP) is 5.60. The molecule has 36 heavy (non-hydrogen) atoms. The van der Waals surface area contributed by atoms with Gasteiger partial charge in [0, 0.05) is 37.1 Å². The van der Waals surface area contributed by atoms with E-state index in [4.69, 9.17) is 4.74 Å². The minimum absolute atomic E-state index is 0.0207. The van der Waals surface area contributed by atoms with Gasteiger partial charge in [-0.3, -0.25) is 14.5 Å². The normalized spacial score (nSPS) is 24.4. The molecule has 4 heterocycles. The van der Waals surface area contributed by atoms with Gasteiger partial charge in [-0.2, -0.15) is 5.10 Å². The van der Waals surface area contributed by atoms with Crippen molar-refractivity contribution in [2.24, 2.45) is 11.8 Å². The van der Waals surface area contributed by atoms with Crippen molar-refractivity contribution in [1.29, 1.82) is 0 Å². The highest BCUT2D eigenvalue weighted by molar-refractivity contribution is 6.11. The number of carbonyl (C=O) groups excluding carboxylic acids is 1. The van der Waals surface area contributed by atoms with Gasteiger partial charge in [0.2, 0.25) is 0 Å². The van der Waals surface area contributed by atoms with Crippen molar-refractivity contribution in [2.45, 2.75) is 64.5 Å². The quantitative estimate of drug-likeness (QED) is 0.440. The third-order valence-electron chi connectivity index (χ3n) is 7.21. The molecule has 0 radical (unpaired) electrons. The summed E-state index contributed by atoms with van der Waals surface area (Å²) in [4.78, 5) is 22.0. The molecule has 2 atom stereocenters. The fourth-order valence-electron chi connectivity index (χ4n) is 5.10. The number of pyridine rings is 2. The molecule has 10 heteroatoms. The summed E-state index contributed by atoms with van der Waals surface area (Å²) in [6.45, 7) is 5.73. The first kappa shape index (κ1) is 24.5. The number of hydrogen-bond donors (Lipinski definition) is 2. The van der Waals surface area contributed by atoms with Crippen LogP contribution in [0.3, 0.4) is 0 Å². The maximum absolute atomic E-state index is 13.8. The lowest BCUT2D eigenvalue weighted by Crippen LogP contribution is -2.19. The number of nitrogens with one attached hydrogen (secondary N) is 2. The van der Waals surface area contributed by atoms with Crippen LogP contribution in [0.25, 0.3) is 10.9 Å². The lowest BCUT2D eigenvalue weighted by Gasteiger charge is -2.26. The summed E-state index contributed by atoms with van der Waals surface area (Å²) in [5.74, 6) is 1.22. The van der Waals surface area contributed by atoms with Gasteiger partial charge in [-0.1, -0.05) is 13.8 Å². The zero-order chi connectivity index (χ0) is 25.2. The van der Waals surface area contributed by atoms with Crippen molar-refractivity contribution >= 4 is 28.3 Å². The van der Waals surface area contributed by atoms with Crippen LogP contribution in [0.2, 0.25) is 0 Å². The van der Waals surface area contributed by atoms with E-state index in [0.29, 0.717) is 35.1 Å². The summed E-state index contributed by atoms with van der Waals surface area (Å²) in [6, 6.07) is 3.72. The van der Waals surface area contributed by atoms with Gasteiger partial charge in [0.25, 0.3) is 12.3 Å². The number of nitrogens with zero attached hydrogens (tertiary/aromatic N) is 4. The average Bonchev–Trinajstić information content (AvgIpc) is 3.48. The molecule has 5 rings (SSSR count). The SMILES string of the molecule is C[C@@H]1CO[C@@H](CNc2ccc3cncc(C(=O)Nc4cn([C@H]5CC[C@H](C)CC5)nc4C(F)F)c3n2)C1. The smallest absolute Gasteiger partial charge is 0.284 e. The summed E-state index contributed by atoms with van der Waals surface area (Å²) < 4.78 is 34.9. The molecule has 0 bridgehead atoms. The van der Waals surface area contributed by atoms with E-state index in [-0.39, 0.29) is 23.4 Å². The zero-order valence-corrected chi connectivity index (χ0v) is 20.6. The molecule has 1 aliphatic carbocycles. The second-order valence-corrected chi connectivity index (χ2v) is 10.2. The monoisotopic (exact) mass is 498 g/mol. The molecule has 2 fully saturated rings. The van der Waals surface area contributed by atoms with Crippen LogP contribution in [0, 0.1) is 11.8 Å². The molecule has 1 saturated heterocycles. The van der Waals surface area contributed by atoms with Gasteiger partial charge in [-0.05, 0) is 56.1 Å². The first-order valence-electron chi connectivity index (χ1n) is 12.7. The number of anilines is 2. The standard InChI is InChI=1S/C26H32F2N6O2/c1-15-3-6-18(7-4-15)34-13-21(24(33-34)25(27)28)31-26(35)20-12-29-10-17-5-8-22(32-23(17)20)30-11-19-9-16(2)14-36-19/h5,8,10,12-13,15-16,18-19,25H,3-4,6-7,9,11,14H2,1-2H3,(H,30,32)(H,31,35)/t15-,16-,18-,19+/m0/s1. The van der Waals surface area contributed by atoms with Gasteiger partial charge in [0.15, 0.2) is 5.69 Å². The number of alkyl halides is 2. The second-order valence-electron chi connectivity index (χ2n) is 10.2. The largest absolute Gasteiger partial charge is 0.376 e. The van der Waals surface area contributed by atoms with Crippen LogP contribution < -0.4 is 10.6 Å². The Morgan fingerprint density at radius 2 is 1.97 bits per heavy atom. The van der Waals surface area contributed by atoms with E-state index in [1.807, 2.05) is 12.1 Å². The summed E-state index contributed by atoms with van der Waals surface area (Å²) >= 11 is 0. The van der Waals surface area contributed by atoms with Crippen molar-refractivity contribution in [3.05, 3.63) is 42.0 Å². The third-order valence-corrected chi connectivity index (χ3v) is 7.21. The maximum atomic E-state index is 13.8. The number of rotatable bonds is 7. The fraction of sp³-hybridized carbons (Fsp3) is 0.538. The molecule has 8 nitrogen and oxygen atoms in total. The van der Waals surface area contributed by atoms with Gasteiger partial charge in [0.05, 0.1) is 28.9 Å². The zero-order valence-electron chi connectivity index (χ0n) is 20.6. The number of fused-ring (bicyclic) bond motifs is 1. The Morgan fingerprint density at radius 3 is 2.69 bits per heavy atom. The minimum Gasteiger partial charge on any atom is -0.376 e. The molecule has 192 valence electrons. The molecule has 3 aromatic heterocycles. The molecule has 1 saturated carbocycles. The highest BCUT2D eigenvalue weighted by atomic mass is 19.3. The minimum atomic E-state index is -2.80. The molecular weight excluding hydrogens is 466 g/mol. The Hall–Kier alpha value is -3.14. The number of aromatic nitrogens is 4. The number of halogens is 2. The summed E-state index contributed by atoms with van der Waals surface area (Å²) in [5.41, 5.74) is 0.255. The third kappa shape index (κ3) is 5.33. The molecule has 1 aliphatic heterocycles. The summed E-state index contributed by atoms with van der Waals surface area (Å²) in [7, 11) is 0. The second kappa shape index (κ2) is 10.5. The van der Waals surface area contributed by atoms with Gasteiger partial charge in [-0.15, -0.1) is 0 Å². The van der Waals surface area contributed by atoms with Gasteiger partial charge >= 0.3 is 0 Å². The number of carbonyl (C=O) groups is 1. The highest BCUT2D eigenvalue weighted by Crippen LogP contribution is 2.34. The van der Waals surface area contributed by atoms with Crippen LogP contribution in [0.15, 0.2) is 30.7 Å². The van der Waals surface area contributed by atoms with Crippen LogP contribution in [0.4, 0.5) is 20.3 Å². The van der Waals surface area contributed by atoms with E-state index < -0.39 is 18.0 Å². The molecule has 2 N–H and O–H groups in total. The first-order valence-corrected chi connectivity index (χ1v) is 12.7. The average molecular weight is 499 g/mol. The van der Waals surface area contributed by atoms with E-state index >= 15 is 0 Å². The van der Waals surface area contributed by atoms with E-state index in [9.17, 15) is 13.6 Å². The van der Waals surface area contributed by atoms with Gasteiger partial charge in [-0.25, -0.2) is 13.8 Å². The van der Waals surface area contributed by atoms with Crippen LogP contribution in [-0.4, -0.2) is 44.9 Å². The molecule has 1 amide bonds. The van der Waals surface area contributed by atoms with Crippen molar-refractivity contribution < 1.29 is 18.3 Å². The number of hydrogen-bond acceptors (Lipinski definition) is 6. The molecule has 3 aromatic rings. The van der Waals surface area contributed by atoms with E-state index in [2.05, 4.69) is 39.5 Å². The van der Waals surface area contributed by atoms with Crippen molar-refractivity contribution in [1.82, 2.24) is 19.7 Å². The van der Waals surface area contributed by atoms with Gasteiger partial charge in [0.1, 0.15) is 5.82 Å². The Kier molecular flexibility index (Phi) is 7.13. The summed E-state index contributed by atoms with van der Waals surface area (Å²) in [5, 5.41) is 10.8. The van der Waals surface area contributed by atoms with Crippen LogP contribution in [0.1, 0.15) is 74.5 Å². The van der Waals surface area contributed by atoms with E-state index in [0.717, 1.165) is 38.7 Å². The Labute approximate surface area is 208 Å². The maximum Gasteiger partial charge on any atom is 0.284 e. The van der Waals surface area contributed by atoms with Crippen molar-refractivity contribution in [3.8, 4) is 0 Å². The first-order chi connectivity index (χ1) is 17.4. The van der Waals surface area contributed by atoms with E-state index in [1.165, 1.54) is 12.4 Å².